The first-order valence-corrected chi connectivity index (χ1v) is 8.98. The van der Waals surface area contributed by atoms with Crippen LogP contribution < -0.4 is 19.7 Å². The summed E-state index contributed by atoms with van der Waals surface area (Å²) in [6, 6.07) is 5.40. The number of ether oxygens (including phenoxy) is 3. The van der Waals surface area contributed by atoms with Crippen molar-refractivity contribution in [3.05, 3.63) is 23.8 Å². The van der Waals surface area contributed by atoms with Crippen molar-refractivity contribution in [3.8, 4) is 11.5 Å². The zero-order valence-electron chi connectivity index (χ0n) is 14.7. The van der Waals surface area contributed by atoms with E-state index in [1.54, 1.807) is 23.1 Å². The largest absolute Gasteiger partial charge is 0.465 e. The van der Waals surface area contributed by atoms with Crippen molar-refractivity contribution >= 4 is 11.9 Å². The quantitative estimate of drug-likeness (QED) is 0.583. The number of fused-ring (bicyclic) bond motifs is 1. The van der Waals surface area contributed by atoms with Gasteiger partial charge in [0.25, 0.3) is 11.9 Å². The minimum atomic E-state index is -0.262. The highest BCUT2D eigenvalue weighted by molar-refractivity contribution is 6.04. The fraction of sp³-hybridized carbons (Fsp3) is 0.556. The van der Waals surface area contributed by atoms with Gasteiger partial charge in [-0.2, -0.15) is 0 Å². The molecule has 1 aromatic rings. The maximum atomic E-state index is 12.5. The van der Waals surface area contributed by atoms with E-state index in [-0.39, 0.29) is 12.7 Å². The summed E-state index contributed by atoms with van der Waals surface area (Å²) >= 11 is 0. The van der Waals surface area contributed by atoms with E-state index >= 15 is 0 Å². The number of aliphatic imine (C=N–C) groups is 1. The number of rotatable bonds is 6. The predicted octanol–water partition coefficient (Wildman–Crippen LogP) is 0.606. The third-order valence-corrected chi connectivity index (χ3v) is 4.33. The molecule has 2 heterocycles. The molecule has 0 radical (unpaired) electrons. The summed E-state index contributed by atoms with van der Waals surface area (Å²) in [6.45, 7) is 6.77. The first-order chi connectivity index (χ1) is 12.3. The topological polar surface area (TPSA) is 73.6 Å². The first-order valence-electron chi connectivity index (χ1n) is 8.98. The van der Waals surface area contributed by atoms with Gasteiger partial charge in [-0.3, -0.25) is 10.1 Å². The van der Waals surface area contributed by atoms with Crippen LogP contribution >= 0.6 is 0 Å². The van der Waals surface area contributed by atoms with E-state index in [2.05, 4.69) is 10.3 Å². The third kappa shape index (κ3) is 4.85. The maximum Gasteiger partial charge on any atom is 0.291 e. The van der Waals surface area contributed by atoms with Gasteiger partial charge >= 0.3 is 0 Å². The number of carbonyl (C=O) groups excluding carboxylic acids is 1. The Kier molecular flexibility index (Phi) is 6.11. The second-order valence-electron chi connectivity index (χ2n) is 6.26. The Morgan fingerprint density at radius 1 is 1.28 bits per heavy atom. The fourth-order valence-electron chi connectivity index (χ4n) is 2.97. The van der Waals surface area contributed by atoms with Crippen LogP contribution in [0.3, 0.4) is 0 Å². The molecule has 136 valence electrons. The number of hydrogen-bond donors (Lipinski definition) is 2. The smallest absolute Gasteiger partial charge is 0.291 e. The van der Waals surface area contributed by atoms with E-state index in [1.807, 2.05) is 6.92 Å². The van der Waals surface area contributed by atoms with E-state index in [9.17, 15) is 4.79 Å². The Hall–Kier alpha value is -2.28. The lowest BCUT2D eigenvalue weighted by Gasteiger charge is -2.12. The number of nitrogens with zero attached hydrogens (tertiary/aromatic N) is 1. The molecule has 2 N–H and O–H groups in total. The molecule has 1 fully saturated rings. The molecule has 2 aliphatic rings. The average Bonchev–Trinajstić information content (AvgIpc) is 3.30. The monoisotopic (exact) mass is 348 g/mol. The molecule has 25 heavy (non-hydrogen) atoms. The molecule has 0 aliphatic carbocycles. The van der Waals surface area contributed by atoms with Gasteiger partial charge in [0.2, 0.25) is 6.79 Å². The molecule has 2 aliphatic heterocycles. The Labute approximate surface area is 148 Å². The molecule has 0 saturated carbocycles. The number of amides is 1. The van der Waals surface area contributed by atoms with Gasteiger partial charge in [0.1, 0.15) is 0 Å². The Bertz CT molecular complexity index is 627. The van der Waals surface area contributed by atoms with Crippen molar-refractivity contribution < 1.29 is 23.9 Å². The molecule has 7 nitrogen and oxygen atoms in total. The lowest BCUT2D eigenvalue weighted by Crippen LogP contribution is -3.10. The van der Waals surface area contributed by atoms with Crippen LogP contribution in [-0.2, 0) is 4.74 Å². The number of carbonyl (C=O) groups is 1. The zero-order chi connectivity index (χ0) is 17.5. The lowest BCUT2D eigenvalue weighted by atomic mass is 10.2. The highest BCUT2D eigenvalue weighted by atomic mass is 16.7. The number of benzene rings is 1. The number of quaternary nitrogens is 1. The second-order valence-corrected chi connectivity index (χ2v) is 6.26. The van der Waals surface area contributed by atoms with Crippen LogP contribution in [0.5, 0.6) is 11.5 Å². The van der Waals surface area contributed by atoms with Gasteiger partial charge in [-0.1, -0.05) is 6.92 Å². The lowest BCUT2D eigenvalue weighted by molar-refractivity contribution is -0.885. The molecule has 0 atom stereocenters. The van der Waals surface area contributed by atoms with Crippen LogP contribution in [0.1, 0.15) is 36.5 Å². The van der Waals surface area contributed by atoms with Crippen molar-refractivity contribution in [2.24, 2.45) is 4.99 Å². The summed E-state index contributed by atoms with van der Waals surface area (Å²) in [4.78, 5) is 18.5. The van der Waals surface area contributed by atoms with Gasteiger partial charge in [0, 0.05) is 18.4 Å². The van der Waals surface area contributed by atoms with Crippen LogP contribution in [0.25, 0.3) is 0 Å². The minimum absolute atomic E-state index is 0.186. The zero-order valence-corrected chi connectivity index (χ0v) is 14.7. The average molecular weight is 348 g/mol. The van der Waals surface area contributed by atoms with E-state index < -0.39 is 0 Å². The summed E-state index contributed by atoms with van der Waals surface area (Å²) in [5.41, 5.74) is 0.488. The third-order valence-electron chi connectivity index (χ3n) is 4.33. The molecule has 0 bridgehead atoms. The maximum absolute atomic E-state index is 12.5. The van der Waals surface area contributed by atoms with E-state index in [1.165, 1.54) is 25.9 Å². The molecule has 7 heteroatoms. The van der Waals surface area contributed by atoms with Gasteiger partial charge < -0.3 is 19.1 Å². The molecule has 0 spiro atoms. The van der Waals surface area contributed by atoms with Crippen molar-refractivity contribution in [1.82, 2.24) is 5.32 Å². The second kappa shape index (κ2) is 8.71. The summed E-state index contributed by atoms with van der Waals surface area (Å²) in [6.07, 6.45) is 3.44. The van der Waals surface area contributed by atoms with Crippen LogP contribution in [0.2, 0.25) is 0 Å². The van der Waals surface area contributed by atoms with Crippen molar-refractivity contribution in [2.45, 2.75) is 26.2 Å². The summed E-state index contributed by atoms with van der Waals surface area (Å²) in [5.74, 6) is 0.973. The molecule has 1 aromatic carbocycles. The predicted molar refractivity (Wildman–Crippen MR) is 93.4 cm³/mol. The summed E-state index contributed by atoms with van der Waals surface area (Å²) < 4.78 is 16.2. The molecular weight excluding hydrogens is 322 g/mol. The van der Waals surface area contributed by atoms with Crippen LogP contribution in [0.15, 0.2) is 23.2 Å². The van der Waals surface area contributed by atoms with Gasteiger partial charge in [0.15, 0.2) is 11.5 Å². The van der Waals surface area contributed by atoms with Gasteiger partial charge in [-0.15, -0.1) is 0 Å². The number of nitrogens with one attached hydrogen (secondary N) is 2. The number of hydrogen-bond acceptors (Lipinski definition) is 5. The van der Waals surface area contributed by atoms with Gasteiger partial charge in [-0.05, 0) is 24.6 Å². The minimum Gasteiger partial charge on any atom is -0.465 e. The first kappa shape index (κ1) is 17.5. The summed E-state index contributed by atoms with van der Waals surface area (Å²) in [7, 11) is 0. The Morgan fingerprint density at radius 2 is 2.08 bits per heavy atom. The van der Waals surface area contributed by atoms with E-state index in [0.717, 1.165) is 13.0 Å². The van der Waals surface area contributed by atoms with E-state index in [4.69, 9.17) is 14.2 Å². The van der Waals surface area contributed by atoms with Crippen molar-refractivity contribution in [3.63, 3.8) is 0 Å². The molecule has 1 amide bonds. The van der Waals surface area contributed by atoms with Crippen molar-refractivity contribution in [2.75, 3.05) is 39.6 Å². The van der Waals surface area contributed by atoms with Crippen LogP contribution in [-0.4, -0.2) is 51.5 Å². The van der Waals surface area contributed by atoms with Gasteiger partial charge in [0.05, 0.1) is 32.8 Å². The Balaban J connectivity index is 1.59. The van der Waals surface area contributed by atoms with Crippen LogP contribution in [0, 0.1) is 0 Å². The highest BCUT2D eigenvalue weighted by Gasteiger charge is 2.18. The number of amidine groups is 1. The summed E-state index contributed by atoms with van der Waals surface area (Å²) in [5, 5.41) is 2.77. The SMILES string of the molecule is CCCOC(=NCC[NH+]1CCCC1)NC(=O)c1ccc2c(c1)OCO2. The normalized spacial score (nSPS) is 16.9. The standard InChI is InChI=1S/C18H25N3O4/c1-2-11-23-18(19-7-10-21-8-3-4-9-21)20-17(22)14-5-6-15-16(12-14)25-13-24-15/h5-6,12H,2-4,7-11,13H2,1H3,(H,19,20,22)/p+1. The van der Waals surface area contributed by atoms with Crippen LogP contribution in [0.4, 0.5) is 0 Å². The highest BCUT2D eigenvalue weighted by Crippen LogP contribution is 2.32. The van der Waals surface area contributed by atoms with E-state index in [0.29, 0.717) is 36.2 Å². The molecule has 0 aromatic heterocycles. The number of likely N-dealkylation sites (tertiary alicyclic amines) is 1. The van der Waals surface area contributed by atoms with Gasteiger partial charge in [-0.25, -0.2) is 4.99 Å². The van der Waals surface area contributed by atoms with Crippen molar-refractivity contribution in [1.29, 1.82) is 0 Å². The molecule has 3 rings (SSSR count). The molecule has 0 unspecified atom stereocenters. The molecule has 1 saturated heterocycles. The fourth-order valence-corrected chi connectivity index (χ4v) is 2.97. The Morgan fingerprint density at radius 3 is 2.88 bits per heavy atom. The molecular formula is C18H26N3O4+.